The maximum atomic E-state index is 11.7. The van der Waals surface area contributed by atoms with E-state index in [1.807, 2.05) is 5.01 Å². The highest BCUT2D eigenvalue weighted by Gasteiger charge is 2.34. The quantitative estimate of drug-likeness (QED) is 0.639. The third-order valence-corrected chi connectivity index (χ3v) is 4.30. The summed E-state index contributed by atoms with van der Waals surface area (Å²) < 4.78 is 0. The van der Waals surface area contributed by atoms with Gasteiger partial charge in [-0.1, -0.05) is 0 Å². The monoisotopic (exact) mass is 274 g/mol. The molecule has 3 heterocycles. The number of carbonyl (C=O) groups excluding carboxylic acids is 1. The van der Waals surface area contributed by atoms with E-state index in [4.69, 9.17) is 0 Å². The smallest absolute Gasteiger partial charge is 0.248 e. The summed E-state index contributed by atoms with van der Waals surface area (Å²) in [5, 5.41) is 1.95. The second-order valence-electron chi connectivity index (χ2n) is 5.71. The van der Waals surface area contributed by atoms with E-state index in [1.54, 1.807) is 0 Å². The number of aliphatic imine (C=N–C) groups is 2. The summed E-state index contributed by atoms with van der Waals surface area (Å²) in [4.78, 5) is 25.3. The summed E-state index contributed by atoms with van der Waals surface area (Å²) >= 11 is 0. The van der Waals surface area contributed by atoms with Gasteiger partial charge in [-0.3, -0.25) is 10.2 Å². The van der Waals surface area contributed by atoms with Gasteiger partial charge in [0, 0.05) is 32.6 Å². The van der Waals surface area contributed by atoms with Gasteiger partial charge in [0.15, 0.2) is 5.78 Å². The van der Waals surface area contributed by atoms with E-state index in [0.717, 1.165) is 50.7 Å². The minimum absolute atomic E-state index is 0.162. The Balaban J connectivity index is 1.55. The topological polar surface area (TPSA) is 63.5 Å². The van der Waals surface area contributed by atoms with Crippen LogP contribution in [0.1, 0.15) is 12.8 Å². The Morgan fingerprint density at radius 2 is 1.90 bits per heavy atom. The molecule has 3 aliphatic heterocycles. The molecule has 106 valence electrons. The van der Waals surface area contributed by atoms with Crippen molar-refractivity contribution in [2.45, 2.75) is 12.8 Å². The second-order valence-corrected chi connectivity index (χ2v) is 5.71. The van der Waals surface area contributed by atoms with Crippen molar-refractivity contribution in [1.82, 2.24) is 20.2 Å². The molecule has 7 heteroatoms. The average Bonchev–Trinajstić information content (AvgIpc) is 3.01. The minimum atomic E-state index is 0.162. The summed E-state index contributed by atoms with van der Waals surface area (Å²) in [6, 6.07) is 0. The first-order valence-corrected chi connectivity index (χ1v) is 7.11. The molecule has 0 aromatic carbocycles. The first kappa shape index (κ1) is 11.9. The van der Waals surface area contributed by atoms with Gasteiger partial charge in [-0.05, 0) is 19.0 Å². The van der Waals surface area contributed by atoms with Crippen LogP contribution in [0, 0.1) is 0 Å². The molecule has 0 atom stereocenters. The molecule has 0 aromatic heterocycles. The van der Waals surface area contributed by atoms with Gasteiger partial charge in [0.1, 0.15) is 5.70 Å². The molecule has 0 aromatic rings. The predicted octanol–water partition coefficient (Wildman–Crippen LogP) is -0.603. The molecular weight excluding hydrogens is 256 g/mol. The van der Waals surface area contributed by atoms with Crippen molar-refractivity contribution < 1.29 is 4.79 Å². The fraction of sp³-hybridized carbons (Fsp3) is 0.615. The molecule has 20 heavy (non-hydrogen) atoms. The highest BCUT2D eigenvalue weighted by Crippen LogP contribution is 2.29. The molecule has 0 radical (unpaired) electrons. The van der Waals surface area contributed by atoms with Crippen LogP contribution in [0.15, 0.2) is 21.3 Å². The van der Waals surface area contributed by atoms with Crippen molar-refractivity contribution >= 4 is 17.7 Å². The predicted molar refractivity (Wildman–Crippen MR) is 75.0 cm³/mol. The van der Waals surface area contributed by atoms with Crippen LogP contribution in [0.2, 0.25) is 0 Å². The molecule has 1 fully saturated rings. The van der Waals surface area contributed by atoms with Crippen LogP contribution in [0.4, 0.5) is 0 Å². The summed E-state index contributed by atoms with van der Waals surface area (Å²) in [6.45, 7) is 4.74. The number of hydrogen-bond acceptors (Lipinski definition) is 7. The van der Waals surface area contributed by atoms with Crippen LogP contribution >= 0.6 is 0 Å². The maximum Gasteiger partial charge on any atom is 0.248 e. The van der Waals surface area contributed by atoms with Crippen molar-refractivity contribution in [2.24, 2.45) is 9.98 Å². The minimum Gasteiger partial charge on any atom is -0.339 e. The zero-order valence-electron chi connectivity index (χ0n) is 11.6. The maximum absolute atomic E-state index is 11.7. The summed E-state index contributed by atoms with van der Waals surface area (Å²) in [5.41, 5.74) is 5.11. The van der Waals surface area contributed by atoms with Crippen LogP contribution in [0.25, 0.3) is 0 Å². The molecule has 1 saturated heterocycles. The Bertz CT molecular complexity index is 555. The van der Waals surface area contributed by atoms with E-state index < -0.39 is 0 Å². The molecule has 1 aliphatic carbocycles. The fourth-order valence-corrected chi connectivity index (χ4v) is 2.99. The third kappa shape index (κ3) is 1.81. The Labute approximate surface area is 117 Å². The number of carbonyl (C=O) groups is 1. The lowest BCUT2D eigenvalue weighted by Crippen LogP contribution is -2.53. The second kappa shape index (κ2) is 4.31. The number of guanidine groups is 2. The van der Waals surface area contributed by atoms with Gasteiger partial charge in [-0.2, -0.15) is 4.99 Å². The molecule has 7 nitrogen and oxygen atoms in total. The van der Waals surface area contributed by atoms with Crippen LogP contribution < -0.4 is 5.43 Å². The van der Waals surface area contributed by atoms with Crippen molar-refractivity contribution in [2.75, 3.05) is 39.8 Å². The first-order valence-electron chi connectivity index (χ1n) is 7.11. The molecular formula is C13H18N6O. The van der Waals surface area contributed by atoms with Gasteiger partial charge in [-0.15, -0.1) is 0 Å². The molecule has 0 bridgehead atoms. The number of rotatable bonds is 0. The summed E-state index contributed by atoms with van der Waals surface area (Å²) in [7, 11) is 2.13. The Morgan fingerprint density at radius 1 is 1.10 bits per heavy atom. The van der Waals surface area contributed by atoms with Crippen molar-refractivity contribution in [3.05, 3.63) is 11.3 Å². The average molecular weight is 274 g/mol. The summed E-state index contributed by atoms with van der Waals surface area (Å²) in [6.07, 6.45) is 1.44. The largest absolute Gasteiger partial charge is 0.339 e. The normalized spacial score (nSPS) is 26.4. The SMILES string of the molecule is CN1CCN(C2=NC3=NC4=C(CCC4=O)CN3N2)CC1. The van der Waals surface area contributed by atoms with Gasteiger partial charge in [0.25, 0.3) is 0 Å². The van der Waals surface area contributed by atoms with Gasteiger partial charge in [0.05, 0.1) is 6.54 Å². The van der Waals surface area contributed by atoms with E-state index in [2.05, 4.69) is 32.3 Å². The number of Topliss-reactive ketones (excluding diaryl/α,β-unsaturated/α-hetero) is 1. The zero-order chi connectivity index (χ0) is 13.7. The molecule has 0 unspecified atom stereocenters. The number of hydrogen-bond donors (Lipinski definition) is 1. The van der Waals surface area contributed by atoms with Gasteiger partial charge in [0.2, 0.25) is 11.9 Å². The molecule has 0 amide bonds. The lowest BCUT2D eigenvalue weighted by atomic mass is 10.2. The van der Waals surface area contributed by atoms with E-state index in [0.29, 0.717) is 18.1 Å². The summed E-state index contributed by atoms with van der Waals surface area (Å²) in [5.74, 6) is 1.66. The van der Waals surface area contributed by atoms with Gasteiger partial charge in [-0.25, -0.2) is 10.0 Å². The first-order chi connectivity index (χ1) is 9.70. The number of hydrazine groups is 1. The number of nitrogens with one attached hydrogen (secondary N) is 1. The Hall–Kier alpha value is -1.89. The standard InChI is InChI=1S/C13H18N6O/c1-17-4-6-18(7-5-17)13-15-12-14-11-9(2-3-10(11)20)8-19(12)16-13/h2-8H2,1H3,(H,14,15,16). The lowest BCUT2D eigenvalue weighted by Gasteiger charge is -2.34. The van der Waals surface area contributed by atoms with Gasteiger partial charge >= 0.3 is 0 Å². The van der Waals surface area contributed by atoms with Crippen LogP contribution in [-0.4, -0.2) is 72.3 Å². The number of likely N-dealkylation sites (N-methyl/N-ethyl adjacent to an activating group) is 1. The molecule has 4 rings (SSSR count). The number of nitrogens with zero attached hydrogens (tertiary/aromatic N) is 5. The number of ketones is 1. The van der Waals surface area contributed by atoms with Crippen LogP contribution in [0.5, 0.6) is 0 Å². The number of piperazine rings is 1. The molecule has 0 spiro atoms. The zero-order valence-corrected chi connectivity index (χ0v) is 11.6. The Morgan fingerprint density at radius 3 is 2.70 bits per heavy atom. The van der Waals surface area contributed by atoms with E-state index >= 15 is 0 Å². The van der Waals surface area contributed by atoms with Crippen LogP contribution in [-0.2, 0) is 4.79 Å². The third-order valence-electron chi connectivity index (χ3n) is 4.30. The fourth-order valence-electron chi connectivity index (χ4n) is 2.99. The Kier molecular flexibility index (Phi) is 2.56. The van der Waals surface area contributed by atoms with Gasteiger partial charge < -0.3 is 9.80 Å². The number of allylic oxidation sites excluding steroid dienone is 1. The molecule has 1 N–H and O–H groups in total. The van der Waals surface area contributed by atoms with Crippen molar-refractivity contribution in [3.63, 3.8) is 0 Å². The van der Waals surface area contributed by atoms with E-state index in [1.165, 1.54) is 0 Å². The lowest BCUT2D eigenvalue weighted by molar-refractivity contribution is -0.114. The molecule has 4 aliphatic rings. The highest BCUT2D eigenvalue weighted by atomic mass is 16.1. The number of fused-ring (bicyclic) bond motifs is 1. The van der Waals surface area contributed by atoms with Crippen molar-refractivity contribution in [1.29, 1.82) is 0 Å². The highest BCUT2D eigenvalue weighted by molar-refractivity contribution is 6.06. The van der Waals surface area contributed by atoms with Crippen molar-refractivity contribution in [3.8, 4) is 0 Å². The molecule has 0 saturated carbocycles. The van der Waals surface area contributed by atoms with E-state index in [-0.39, 0.29) is 5.78 Å². The van der Waals surface area contributed by atoms with Crippen LogP contribution in [0.3, 0.4) is 0 Å². The van der Waals surface area contributed by atoms with E-state index in [9.17, 15) is 4.79 Å².